The topological polar surface area (TPSA) is 141 Å². The summed E-state index contributed by atoms with van der Waals surface area (Å²) in [5.74, 6) is -1.02. The van der Waals surface area contributed by atoms with Gasteiger partial charge in [-0.15, -0.1) is 0 Å². The number of hydrogen-bond donors (Lipinski definition) is 3. The van der Waals surface area contributed by atoms with Crippen LogP contribution < -0.4 is 13.8 Å². The zero-order valence-electron chi connectivity index (χ0n) is 18.4. The maximum absolute atomic E-state index is 12.7. The molecule has 0 fully saturated rings. The second-order valence-corrected chi connectivity index (χ2v) is 10.0. The van der Waals surface area contributed by atoms with Gasteiger partial charge in [0.05, 0.1) is 25.7 Å². The first kappa shape index (κ1) is 25.3. The summed E-state index contributed by atoms with van der Waals surface area (Å²) in [7, 11) is -0.337. The minimum absolute atomic E-state index is 0.111. The van der Waals surface area contributed by atoms with E-state index in [-0.39, 0.29) is 12.8 Å². The van der Waals surface area contributed by atoms with Crippen LogP contribution in [0, 0.1) is 0 Å². The molecule has 3 rings (SSSR count). The molecule has 12 heteroatoms. The third-order valence-corrected chi connectivity index (χ3v) is 7.55. The van der Waals surface area contributed by atoms with Crippen LogP contribution in [-0.4, -0.2) is 57.7 Å². The van der Waals surface area contributed by atoms with Gasteiger partial charge in [-0.3, -0.25) is 4.79 Å². The minimum atomic E-state index is -1.79. The van der Waals surface area contributed by atoms with Crippen LogP contribution in [-0.2, 0) is 40.4 Å². The van der Waals surface area contributed by atoms with Crippen LogP contribution in [0.2, 0.25) is 0 Å². The Morgan fingerprint density at radius 1 is 1.21 bits per heavy atom. The fraction of sp³-hybridized carbons (Fsp3) is 0.286. The van der Waals surface area contributed by atoms with Gasteiger partial charge < -0.3 is 33.6 Å². The van der Waals surface area contributed by atoms with E-state index in [0.717, 1.165) is 10.9 Å². The number of anilines is 1. The lowest BCUT2D eigenvalue weighted by atomic mass is 9.75. The number of hydrogen-bond acceptors (Lipinski definition) is 8. The molecule has 0 radical (unpaired) electrons. The fourth-order valence-electron chi connectivity index (χ4n) is 3.52. The van der Waals surface area contributed by atoms with Crippen LogP contribution in [0.5, 0.6) is 5.75 Å². The number of ether oxygens (including phenoxy) is 1. The van der Waals surface area contributed by atoms with Gasteiger partial charge in [0.15, 0.2) is 0 Å². The van der Waals surface area contributed by atoms with Gasteiger partial charge in [0.2, 0.25) is 5.91 Å². The Bertz CT molecular complexity index is 1090. The van der Waals surface area contributed by atoms with E-state index >= 15 is 0 Å². The van der Waals surface area contributed by atoms with Gasteiger partial charge in [0.1, 0.15) is 52.3 Å². The van der Waals surface area contributed by atoms with Crippen molar-refractivity contribution < 1.29 is 33.1 Å². The minimum Gasteiger partial charge on any atom is -0.590 e. The van der Waals surface area contributed by atoms with E-state index < -0.39 is 41.7 Å². The van der Waals surface area contributed by atoms with E-state index in [9.17, 15) is 23.9 Å². The Balaban J connectivity index is 1.77. The number of nitrogens with one attached hydrogen (secondary N) is 1. The number of methoxy groups -OCH3 is 1. The quantitative estimate of drug-likeness (QED) is 0.283. The van der Waals surface area contributed by atoms with Gasteiger partial charge in [-0.1, -0.05) is 18.2 Å². The number of benzene rings is 2. The van der Waals surface area contributed by atoms with E-state index in [1.807, 2.05) is 18.2 Å². The third kappa shape index (κ3) is 6.37. The molecule has 0 bridgehead atoms. The highest BCUT2D eigenvalue weighted by molar-refractivity contribution is 8.09. The first-order valence-corrected chi connectivity index (χ1v) is 13.0. The zero-order chi connectivity index (χ0) is 24.1. The number of rotatable bonds is 10. The maximum atomic E-state index is 12.7. The molecule has 0 saturated heterocycles. The number of fused-ring (bicyclic) bond motifs is 1. The molecule has 0 aliphatic rings. The number of carbonyl (C=O) groups excluding carboxylic acids is 1. The van der Waals surface area contributed by atoms with Crippen LogP contribution >= 0.6 is 0 Å². The van der Waals surface area contributed by atoms with E-state index in [1.54, 1.807) is 24.3 Å². The molecule has 0 aliphatic heterocycles. The fourth-order valence-corrected chi connectivity index (χ4v) is 5.50. The average Bonchev–Trinajstić information content (AvgIpc) is 3.15. The monoisotopic (exact) mass is 492 g/mol. The molecule has 0 saturated carbocycles. The number of nitrogens with zero attached hydrogens (tertiary/aromatic N) is 1. The number of carbonyl (C=O) groups is 1. The Kier molecular flexibility index (Phi) is 8.57. The molecule has 2 unspecified atom stereocenters. The van der Waals surface area contributed by atoms with Crippen molar-refractivity contribution in [2.45, 2.75) is 18.8 Å². The lowest BCUT2D eigenvalue weighted by Crippen LogP contribution is -2.48. The van der Waals surface area contributed by atoms with E-state index in [0.29, 0.717) is 22.6 Å². The molecule has 3 aromatic rings. The number of amides is 1. The highest BCUT2D eigenvalue weighted by Crippen LogP contribution is 2.28. The Morgan fingerprint density at radius 2 is 1.91 bits per heavy atom. The first-order valence-electron chi connectivity index (χ1n) is 9.95. The van der Waals surface area contributed by atoms with Crippen molar-refractivity contribution in [1.82, 2.24) is 5.32 Å². The number of para-hydroxylation sites is 1. The van der Waals surface area contributed by atoms with Crippen LogP contribution in [0.1, 0.15) is 11.1 Å². The largest absolute Gasteiger partial charge is 0.590 e. The molecular weight excluding hydrogens is 467 g/mol. The SMILES string of the molecule is COc1cc(CC(=O)N[C@@H](Cc2coc3ccccc23)B(O)O)cc(N([S+](C)[O-])[S+](C)[O-])c1. The highest BCUT2D eigenvalue weighted by Gasteiger charge is 2.29. The molecule has 176 valence electrons. The summed E-state index contributed by atoms with van der Waals surface area (Å²) in [5.41, 5.74) is 2.30. The van der Waals surface area contributed by atoms with Crippen molar-refractivity contribution in [3.8, 4) is 5.75 Å². The summed E-state index contributed by atoms with van der Waals surface area (Å²) in [4.78, 5) is 12.7. The van der Waals surface area contributed by atoms with E-state index in [4.69, 9.17) is 9.15 Å². The van der Waals surface area contributed by atoms with Gasteiger partial charge in [-0.25, -0.2) is 0 Å². The third-order valence-electron chi connectivity index (χ3n) is 4.94. The molecule has 33 heavy (non-hydrogen) atoms. The Labute approximate surface area is 198 Å². The van der Waals surface area contributed by atoms with Crippen LogP contribution in [0.15, 0.2) is 53.1 Å². The summed E-state index contributed by atoms with van der Waals surface area (Å²) in [6, 6.07) is 12.1. The van der Waals surface area contributed by atoms with Gasteiger partial charge in [-0.05, 0) is 39.5 Å². The molecule has 3 N–H and O–H groups in total. The average molecular weight is 492 g/mol. The predicted molar refractivity (Wildman–Crippen MR) is 129 cm³/mol. The summed E-state index contributed by atoms with van der Waals surface area (Å²) in [5, 5.41) is 23.1. The molecule has 3 atom stereocenters. The van der Waals surface area contributed by atoms with Gasteiger partial charge in [-0.2, -0.15) is 0 Å². The Hall–Kier alpha value is -2.35. The number of furan rings is 1. The Morgan fingerprint density at radius 3 is 2.55 bits per heavy atom. The molecule has 2 aromatic carbocycles. The highest BCUT2D eigenvalue weighted by atomic mass is 32.3. The second-order valence-electron chi connectivity index (χ2n) is 7.37. The standard InChI is InChI=1S/C21H25BN2O7S2/c1-30-17-9-14(8-16(12-17)24(32(2)28)33(3)29)10-21(25)23-20(22(26)27)11-15-13-31-19-7-5-4-6-18(15)19/h4-9,12-13,20,26-27H,10-11H2,1-3H3,(H,23,25)/t20-,32?,33?/m0/s1. The molecular formula is C21H25BN2O7S2. The van der Waals surface area contributed by atoms with E-state index in [1.165, 1.54) is 29.6 Å². The van der Waals surface area contributed by atoms with Gasteiger partial charge in [0, 0.05) is 11.5 Å². The van der Waals surface area contributed by atoms with Crippen molar-refractivity contribution >= 4 is 52.4 Å². The lowest BCUT2D eigenvalue weighted by molar-refractivity contribution is -0.120. The van der Waals surface area contributed by atoms with Crippen LogP contribution in [0.3, 0.4) is 0 Å². The lowest BCUT2D eigenvalue weighted by Gasteiger charge is -2.23. The van der Waals surface area contributed by atoms with Crippen LogP contribution in [0.4, 0.5) is 5.69 Å². The molecule has 1 heterocycles. The van der Waals surface area contributed by atoms with E-state index in [2.05, 4.69) is 5.32 Å². The summed E-state index contributed by atoms with van der Waals surface area (Å²) in [6.07, 6.45) is 4.38. The smallest absolute Gasteiger partial charge is 0.475 e. The van der Waals surface area contributed by atoms with Gasteiger partial charge >= 0.3 is 7.12 Å². The summed E-state index contributed by atoms with van der Waals surface area (Å²) < 4.78 is 36.0. The first-order chi connectivity index (χ1) is 15.7. The van der Waals surface area contributed by atoms with Crippen molar-refractivity contribution in [2.24, 2.45) is 0 Å². The molecule has 1 aromatic heterocycles. The molecule has 0 aliphatic carbocycles. The maximum Gasteiger partial charge on any atom is 0.475 e. The normalized spacial score (nSPS) is 13.9. The van der Waals surface area contributed by atoms with Gasteiger partial charge in [0.25, 0.3) is 0 Å². The molecule has 0 spiro atoms. The molecule has 9 nitrogen and oxygen atoms in total. The molecule has 1 amide bonds. The van der Waals surface area contributed by atoms with Crippen molar-refractivity contribution in [3.63, 3.8) is 0 Å². The van der Waals surface area contributed by atoms with Crippen molar-refractivity contribution in [3.05, 3.63) is 59.9 Å². The van der Waals surface area contributed by atoms with Crippen molar-refractivity contribution in [2.75, 3.05) is 23.3 Å². The summed E-state index contributed by atoms with van der Waals surface area (Å²) in [6.45, 7) is 0. The van der Waals surface area contributed by atoms with Crippen molar-refractivity contribution in [1.29, 1.82) is 0 Å². The zero-order valence-corrected chi connectivity index (χ0v) is 20.0. The summed E-state index contributed by atoms with van der Waals surface area (Å²) >= 11 is -3.12. The predicted octanol–water partition coefficient (Wildman–Crippen LogP) is 1.12. The van der Waals surface area contributed by atoms with Crippen LogP contribution in [0.25, 0.3) is 11.0 Å². The second kappa shape index (κ2) is 11.2.